The van der Waals surface area contributed by atoms with Gasteiger partial charge in [-0.3, -0.25) is 9.59 Å². The van der Waals surface area contributed by atoms with Gasteiger partial charge >= 0.3 is 5.97 Å². The van der Waals surface area contributed by atoms with Gasteiger partial charge in [0, 0.05) is 18.0 Å². The zero-order valence-corrected chi connectivity index (χ0v) is 25.2. The zero-order chi connectivity index (χ0) is 29.8. The van der Waals surface area contributed by atoms with E-state index in [-0.39, 0.29) is 29.4 Å². The van der Waals surface area contributed by atoms with Crippen LogP contribution in [0.15, 0.2) is 54.6 Å². The van der Waals surface area contributed by atoms with Gasteiger partial charge in [0.1, 0.15) is 18.4 Å². The van der Waals surface area contributed by atoms with E-state index in [1.165, 1.54) is 23.1 Å². The number of nitrogens with zero attached hydrogens (tertiary/aromatic N) is 1. The summed E-state index contributed by atoms with van der Waals surface area (Å²) in [6.07, 6.45) is 1.67. The molecule has 0 heterocycles. The molecule has 0 bridgehead atoms. The first-order valence-electron chi connectivity index (χ1n) is 14.2. The van der Waals surface area contributed by atoms with E-state index in [1.54, 1.807) is 6.07 Å². The summed E-state index contributed by atoms with van der Waals surface area (Å²) >= 11 is 0. The molecule has 0 saturated heterocycles. The highest BCUT2D eigenvalue weighted by Crippen LogP contribution is 2.41. The fraction of sp³-hybridized carbons (Fsp3) is 0.471. The molecule has 0 fully saturated rings. The minimum atomic E-state index is -1.04. The smallest absolute Gasteiger partial charge is 0.323 e. The largest absolute Gasteiger partial charge is 0.487 e. The topological polar surface area (TPSA) is 87.1 Å². The lowest BCUT2D eigenvalue weighted by Crippen LogP contribution is -2.41. The number of aryl methyl sites for hydroxylation is 1. The standard InChI is InChI=1S/C34H45NO5/c1-9-28(31(38)33(5,6)7)40-29-17-16-26(18-22(29)4)34(10-2,11-3)27-15-14-23-19-25(13-12-24(23)20-27)32(39)35(8)21-30(36)37/h12-20,28,31,38H,9-11,21H2,1-8H3,(H,36,37). The number of aliphatic hydroxyl groups is 1. The number of fused-ring (bicyclic) bond motifs is 1. The van der Waals surface area contributed by atoms with Gasteiger partial charge in [0.2, 0.25) is 0 Å². The van der Waals surface area contributed by atoms with Gasteiger partial charge in [0.15, 0.2) is 0 Å². The van der Waals surface area contributed by atoms with Crippen molar-refractivity contribution in [3.63, 3.8) is 0 Å². The molecule has 2 atom stereocenters. The van der Waals surface area contributed by atoms with Crippen LogP contribution in [-0.2, 0) is 10.2 Å². The molecule has 0 radical (unpaired) electrons. The number of hydrogen-bond donors (Lipinski definition) is 2. The monoisotopic (exact) mass is 547 g/mol. The Balaban J connectivity index is 1.96. The van der Waals surface area contributed by atoms with Gasteiger partial charge in [-0.15, -0.1) is 0 Å². The lowest BCUT2D eigenvalue weighted by molar-refractivity contribution is -0.137. The number of carbonyl (C=O) groups is 2. The van der Waals surface area contributed by atoms with Gasteiger partial charge in [-0.05, 0) is 77.3 Å². The van der Waals surface area contributed by atoms with Gasteiger partial charge in [0.25, 0.3) is 5.91 Å². The summed E-state index contributed by atoms with van der Waals surface area (Å²) in [6.45, 7) is 14.2. The predicted molar refractivity (Wildman–Crippen MR) is 161 cm³/mol. The van der Waals surface area contributed by atoms with E-state index in [2.05, 4.69) is 45.0 Å². The van der Waals surface area contributed by atoms with Crippen molar-refractivity contribution >= 4 is 22.6 Å². The molecule has 1 amide bonds. The maximum Gasteiger partial charge on any atom is 0.323 e. The van der Waals surface area contributed by atoms with Gasteiger partial charge in [-0.1, -0.05) is 77.9 Å². The van der Waals surface area contributed by atoms with E-state index in [0.717, 1.165) is 34.9 Å². The first-order valence-corrected chi connectivity index (χ1v) is 14.2. The van der Waals surface area contributed by atoms with E-state index >= 15 is 0 Å². The molecule has 3 aromatic carbocycles. The van der Waals surface area contributed by atoms with Crippen molar-refractivity contribution < 1.29 is 24.5 Å². The van der Waals surface area contributed by atoms with E-state index in [1.807, 2.05) is 52.0 Å². The summed E-state index contributed by atoms with van der Waals surface area (Å²) in [5.74, 6) is -0.564. The van der Waals surface area contributed by atoms with Crippen LogP contribution in [0.5, 0.6) is 5.75 Å². The Bertz CT molecular complexity index is 1350. The van der Waals surface area contributed by atoms with Crippen molar-refractivity contribution in [3.8, 4) is 5.75 Å². The van der Waals surface area contributed by atoms with Crippen LogP contribution in [0.25, 0.3) is 10.8 Å². The van der Waals surface area contributed by atoms with E-state index in [0.29, 0.717) is 12.0 Å². The second kappa shape index (κ2) is 12.4. The molecule has 216 valence electrons. The van der Waals surface area contributed by atoms with Crippen molar-refractivity contribution in [1.82, 2.24) is 4.90 Å². The predicted octanol–water partition coefficient (Wildman–Crippen LogP) is 6.98. The van der Waals surface area contributed by atoms with Crippen LogP contribution in [-0.4, -0.2) is 52.8 Å². The summed E-state index contributed by atoms with van der Waals surface area (Å²) in [5, 5.41) is 21.8. The number of carboxylic acid groups (broad SMARTS) is 1. The summed E-state index contributed by atoms with van der Waals surface area (Å²) in [6, 6.07) is 18.3. The van der Waals surface area contributed by atoms with Crippen LogP contribution < -0.4 is 4.74 Å². The number of likely N-dealkylation sites (N-methyl/N-ethyl adjacent to an activating group) is 1. The first kappa shape index (κ1) is 31.2. The third kappa shape index (κ3) is 6.49. The molecule has 3 rings (SSSR count). The molecular weight excluding hydrogens is 502 g/mol. The Hall–Kier alpha value is -3.38. The first-order chi connectivity index (χ1) is 18.8. The molecule has 2 N–H and O–H groups in total. The van der Waals surface area contributed by atoms with Crippen LogP contribution in [0.3, 0.4) is 0 Å². The average Bonchev–Trinajstić information content (AvgIpc) is 2.91. The second-order valence-electron chi connectivity index (χ2n) is 12.0. The molecule has 2 unspecified atom stereocenters. The van der Waals surface area contributed by atoms with Crippen LogP contribution in [0.4, 0.5) is 0 Å². The van der Waals surface area contributed by atoms with Gasteiger partial charge in [-0.2, -0.15) is 0 Å². The number of hydrogen-bond acceptors (Lipinski definition) is 4. The molecule has 0 aliphatic rings. The Morgan fingerprint density at radius 1 is 0.900 bits per heavy atom. The second-order valence-corrected chi connectivity index (χ2v) is 12.0. The molecule has 0 spiro atoms. The molecule has 0 aliphatic heterocycles. The van der Waals surface area contributed by atoms with Gasteiger partial charge < -0.3 is 19.8 Å². The van der Waals surface area contributed by atoms with E-state index < -0.39 is 12.1 Å². The number of carbonyl (C=O) groups excluding carboxylic acids is 1. The molecular formula is C34H45NO5. The highest BCUT2D eigenvalue weighted by atomic mass is 16.5. The molecule has 6 nitrogen and oxygen atoms in total. The molecule has 0 aromatic heterocycles. The highest BCUT2D eigenvalue weighted by molar-refractivity contribution is 5.99. The van der Waals surface area contributed by atoms with Crippen LogP contribution in [0, 0.1) is 12.3 Å². The third-order valence-corrected chi connectivity index (χ3v) is 8.21. The lowest BCUT2D eigenvalue weighted by Gasteiger charge is -2.35. The van der Waals surface area contributed by atoms with Crippen molar-refractivity contribution in [1.29, 1.82) is 0 Å². The minimum absolute atomic E-state index is 0.206. The number of rotatable bonds is 11. The number of aliphatic hydroxyl groups excluding tert-OH is 1. The summed E-state index contributed by atoms with van der Waals surface area (Å²) in [7, 11) is 1.49. The molecule has 0 aliphatic carbocycles. The van der Waals surface area contributed by atoms with Crippen LogP contribution in [0.2, 0.25) is 0 Å². The number of benzene rings is 3. The van der Waals surface area contributed by atoms with Crippen LogP contribution >= 0.6 is 0 Å². The average molecular weight is 548 g/mol. The highest BCUT2D eigenvalue weighted by Gasteiger charge is 2.33. The van der Waals surface area contributed by atoms with Gasteiger partial charge in [-0.25, -0.2) is 0 Å². The van der Waals surface area contributed by atoms with E-state index in [4.69, 9.17) is 9.84 Å². The number of aliphatic carboxylic acids is 1. The Kier molecular flexibility index (Phi) is 9.68. The summed E-state index contributed by atoms with van der Waals surface area (Å²) in [5.41, 5.74) is 3.45. The van der Waals surface area contributed by atoms with Crippen molar-refractivity contribution in [2.75, 3.05) is 13.6 Å². The summed E-state index contributed by atoms with van der Waals surface area (Å²) < 4.78 is 6.34. The zero-order valence-electron chi connectivity index (χ0n) is 25.2. The molecule has 40 heavy (non-hydrogen) atoms. The molecule has 6 heteroatoms. The normalized spacial score (nSPS) is 13.6. The Morgan fingerprint density at radius 3 is 2.02 bits per heavy atom. The minimum Gasteiger partial charge on any atom is -0.487 e. The maximum atomic E-state index is 12.7. The summed E-state index contributed by atoms with van der Waals surface area (Å²) in [4.78, 5) is 24.9. The number of carboxylic acids is 1. The Morgan fingerprint density at radius 2 is 1.48 bits per heavy atom. The SMILES string of the molecule is CCC(Oc1ccc(C(CC)(CC)c2ccc3cc(C(=O)N(C)CC(=O)O)ccc3c2)cc1C)C(O)C(C)(C)C. The number of amides is 1. The Labute approximate surface area is 239 Å². The van der Waals surface area contributed by atoms with Crippen molar-refractivity contribution in [3.05, 3.63) is 76.9 Å². The lowest BCUT2D eigenvalue weighted by atomic mass is 9.70. The molecule has 0 saturated carbocycles. The van der Waals surface area contributed by atoms with Crippen molar-refractivity contribution in [2.45, 2.75) is 85.4 Å². The van der Waals surface area contributed by atoms with Crippen molar-refractivity contribution in [2.24, 2.45) is 5.41 Å². The third-order valence-electron chi connectivity index (χ3n) is 8.21. The quantitative estimate of drug-likeness (QED) is 0.271. The fourth-order valence-corrected chi connectivity index (χ4v) is 5.58. The fourth-order valence-electron chi connectivity index (χ4n) is 5.58. The number of ether oxygens (including phenoxy) is 1. The van der Waals surface area contributed by atoms with Gasteiger partial charge in [0.05, 0.1) is 6.10 Å². The molecule has 3 aromatic rings. The van der Waals surface area contributed by atoms with E-state index in [9.17, 15) is 14.7 Å². The maximum absolute atomic E-state index is 12.7. The van der Waals surface area contributed by atoms with Crippen LogP contribution in [0.1, 0.15) is 87.9 Å².